The molecule has 0 aromatic carbocycles. The van der Waals surface area contributed by atoms with Crippen molar-refractivity contribution in [2.45, 2.75) is 51.0 Å². The highest BCUT2D eigenvalue weighted by molar-refractivity contribution is 5.82. The average Bonchev–Trinajstić information content (AvgIpc) is 2.84. The molecule has 96 valence electrons. The quantitative estimate of drug-likeness (QED) is 0.785. The lowest BCUT2D eigenvalue weighted by Crippen LogP contribution is -2.44. The molecule has 3 nitrogen and oxygen atoms in total. The summed E-state index contributed by atoms with van der Waals surface area (Å²) in [6.07, 6.45) is 8.36. The second-order valence-electron chi connectivity index (χ2n) is 6.13. The summed E-state index contributed by atoms with van der Waals surface area (Å²) in [5, 5.41) is 12.6. The van der Waals surface area contributed by atoms with Gasteiger partial charge in [-0.15, -0.1) is 0 Å². The monoisotopic (exact) mass is 237 g/mol. The molecular weight excluding hydrogens is 214 g/mol. The summed E-state index contributed by atoms with van der Waals surface area (Å²) >= 11 is 0. The first-order valence-electron chi connectivity index (χ1n) is 7.22. The molecule has 0 heterocycles. The molecule has 0 aromatic heterocycles. The van der Waals surface area contributed by atoms with Crippen LogP contribution in [0.5, 0.6) is 0 Å². The first kappa shape index (κ1) is 11.5. The lowest BCUT2D eigenvalue weighted by molar-refractivity contribution is -0.124. The van der Waals surface area contributed by atoms with E-state index in [1.165, 1.54) is 32.1 Å². The van der Waals surface area contributed by atoms with Crippen LogP contribution in [-0.4, -0.2) is 23.7 Å². The van der Waals surface area contributed by atoms with Gasteiger partial charge in [0.2, 0.25) is 5.91 Å². The Kier molecular flexibility index (Phi) is 3.12. The smallest absolute Gasteiger partial charge is 0.223 e. The summed E-state index contributed by atoms with van der Waals surface area (Å²) in [6.45, 7) is 0.225. The third-order valence-corrected chi connectivity index (χ3v) is 5.18. The van der Waals surface area contributed by atoms with Crippen LogP contribution in [0.2, 0.25) is 0 Å². The van der Waals surface area contributed by atoms with E-state index in [0.717, 1.165) is 12.8 Å². The molecule has 0 bridgehead atoms. The Morgan fingerprint density at radius 1 is 1.06 bits per heavy atom. The average molecular weight is 237 g/mol. The molecule has 3 aliphatic rings. The molecule has 4 atom stereocenters. The largest absolute Gasteiger partial charge is 0.396 e. The molecule has 0 radical (unpaired) electrons. The number of nitrogens with one attached hydrogen (secondary N) is 1. The Bertz CT molecular complexity index is 295. The Hall–Kier alpha value is -0.570. The van der Waals surface area contributed by atoms with Crippen LogP contribution >= 0.6 is 0 Å². The van der Waals surface area contributed by atoms with Crippen LogP contribution in [0, 0.1) is 23.7 Å². The molecule has 1 amide bonds. The van der Waals surface area contributed by atoms with Gasteiger partial charge in [-0.05, 0) is 37.5 Å². The van der Waals surface area contributed by atoms with E-state index >= 15 is 0 Å². The Labute approximate surface area is 103 Å². The van der Waals surface area contributed by atoms with Crippen LogP contribution in [0.1, 0.15) is 44.9 Å². The second kappa shape index (κ2) is 4.60. The highest BCUT2D eigenvalue weighted by Crippen LogP contribution is 2.57. The zero-order valence-corrected chi connectivity index (χ0v) is 10.4. The zero-order valence-electron chi connectivity index (χ0n) is 10.4. The third-order valence-electron chi connectivity index (χ3n) is 5.18. The van der Waals surface area contributed by atoms with Crippen molar-refractivity contribution in [2.24, 2.45) is 23.7 Å². The number of hydrogen-bond donors (Lipinski definition) is 2. The molecule has 17 heavy (non-hydrogen) atoms. The predicted octanol–water partition coefficient (Wildman–Crippen LogP) is 1.70. The number of hydrogen-bond acceptors (Lipinski definition) is 2. The topological polar surface area (TPSA) is 49.3 Å². The van der Waals surface area contributed by atoms with E-state index in [1.54, 1.807) is 0 Å². The summed E-state index contributed by atoms with van der Waals surface area (Å²) in [5.74, 6) is 2.30. The van der Waals surface area contributed by atoms with Gasteiger partial charge >= 0.3 is 0 Å². The molecule has 0 spiro atoms. The summed E-state index contributed by atoms with van der Waals surface area (Å²) in [7, 11) is 0. The van der Waals surface area contributed by atoms with Gasteiger partial charge in [0.05, 0.1) is 0 Å². The van der Waals surface area contributed by atoms with Gasteiger partial charge in [-0.2, -0.15) is 0 Å². The Balaban J connectivity index is 1.53. The van der Waals surface area contributed by atoms with Gasteiger partial charge in [-0.3, -0.25) is 4.79 Å². The molecule has 0 aromatic rings. The van der Waals surface area contributed by atoms with Crippen molar-refractivity contribution >= 4 is 5.91 Å². The SMILES string of the molecule is O=C(NC1CCCCC1CO)C1C2CCCC21. The van der Waals surface area contributed by atoms with Crippen molar-refractivity contribution in [1.29, 1.82) is 0 Å². The van der Waals surface area contributed by atoms with Crippen molar-refractivity contribution in [3.8, 4) is 0 Å². The van der Waals surface area contributed by atoms with Gasteiger partial charge < -0.3 is 10.4 Å². The number of amides is 1. The fraction of sp³-hybridized carbons (Fsp3) is 0.929. The van der Waals surface area contributed by atoms with Crippen molar-refractivity contribution in [3.05, 3.63) is 0 Å². The van der Waals surface area contributed by atoms with E-state index in [1.807, 2.05) is 0 Å². The molecule has 0 aliphatic heterocycles. The van der Waals surface area contributed by atoms with Crippen LogP contribution in [-0.2, 0) is 4.79 Å². The number of carbonyl (C=O) groups is 1. The lowest BCUT2D eigenvalue weighted by atomic mass is 9.85. The zero-order chi connectivity index (χ0) is 11.8. The van der Waals surface area contributed by atoms with Gasteiger partial charge in [-0.25, -0.2) is 0 Å². The fourth-order valence-corrected chi connectivity index (χ4v) is 4.11. The molecule has 3 saturated carbocycles. The van der Waals surface area contributed by atoms with E-state index < -0.39 is 0 Å². The standard InChI is InChI=1S/C14H23NO2/c16-8-9-4-1-2-7-12(9)15-14(17)13-10-5-3-6-11(10)13/h9-13,16H,1-8H2,(H,15,17). The molecule has 3 rings (SSSR count). The number of rotatable bonds is 3. The molecule has 0 saturated heterocycles. The van der Waals surface area contributed by atoms with Crippen LogP contribution in [0.15, 0.2) is 0 Å². The molecule has 3 fully saturated rings. The lowest BCUT2D eigenvalue weighted by Gasteiger charge is -2.31. The number of carbonyl (C=O) groups excluding carboxylic acids is 1. The van der Waals surface area contributed by atoms with Crippen LogP contribution in [0.3, 0.4) is 0 Å². The van der Waals surface area contributed by atoms with Crippen LogP contribution in [0.4, 0.5) is 0 Å². The fourth-order valence-electron chi connectivity index (χ4n) is 4.11. The summed E-state index contributed by atoms with van der Waals surface area (Å²) in [4.78, 5) is 12.2. The van der Waals surface area contributed by atoms with Crippen molar-refractivity contribution in [3.63, 3.8) is 0 Å². The molecular formula is C14H23NO2. The van der Waals surface area contributed by atoms with Gasteiger partial charge in [0.1, 0.15) is 0 Å². The van der Waals surface area contributed by atoms with E-state index in [2.05, 4.69) is 5.32 Å². The third kappa shape index (κ3) is 2.10. The summed E-state index contributed by atoms with van der Waals surface area (Å²) in [6, 6.07) is 0.238. The Morgan fingerprint density at radius 2 is 1.76 bits per heavy atom. The van der Waals surface area contributed by atoms with Crippen molar-refractivity contribution < 1.29 is 9.90 Å². The maximum Gasteiger partial charge on any atom is 0.223 e. The second-order valence-corrected chi connectivity index (χ2v) is 6.13. The maximum absolute atomic E-state index is 12.2. The molecule has 3 aliphatic carbocycles. The Morgan fingerprint density at radius 3 is 2.47 bits per heavy atom. The van der Waals surface area contributed by atoms with E-state index in [-0.39, 0.29) is 18.6 Å². The van der Waals surface area contributed by atoms with Crippen molar-refractivity contribution in [1.82, 2.24) is 5.32 Å². The first-order chi connectivity index (χ1) is 8.31. The van der Waals surface area contributed by atoms with Crippen LogP contribution < -0.4 is 5.32 Å². The van der Waals surface area contributed by atoms with Gasteiger partial charge in [0.15, 0.2) is 0 Å². The predicted molar refractivity (Wildman–Crippen MR) is 65.3 cm³/mol. The minimum atomic E-state index is 0.225. The number of aliphatic hydroxyl groups is 1. The van der Waals surface area contributed by atoms with Crippen LogP contribution in [0.25, 0.3) is 0 Å². The molecule has 3 heteroatoms. The summed E-state index contributed by atoms with van der Waals surface area (Å²) in [5.41, 5.74) is 0. The highest BCUT2D eigenvalue weighted by atomic mass is 16.3. The molecule has 2 N–H and O–H groups in total. The van der Waals surface area contributed by atoms with Crippen molar-refractivity contribution in [2.75, 3.05) is 6.61 Å². The number of fused-ring (bicyclic) bond motifs is 1. The minimum Gasteiger partial charge on any atom is -0.396 e. The van der Waals surface area contributed by atoms with E-state index in [9.17, 15) is 9.90 Å². The maximum atomic E-state index is 12.2. The number of aliphatic hydroxyl groups excluding tert-OH is 1. The first-order valence-corrected chi connectivity index (χ1v) is 7.22. The normalized spacial score (nSPS) is 44.2. The van der Waals surface area contributed by atoms with Gasteiger partial charge in [0, 0.05) is 24.5 Å². The van der Waals surface area contributed by atoms with E-state index in [0.29, 0.717) is 23.7 Å². The van der Waals surface area contributed by atoms with Gasteiger partial charge in [-0.1, -0.05) is 19.3 Å². The highest BCUT2D eigenvalue weighted by Gasteiger charge is 2.56. The minimum absolute atomic E-state index is 0.225. The van der Waals surface area contributed by atoms with Gasteiger partial charge in [0.25, 0.3) is 0 Å². The van der Waals surface area contributed by atoms with E-state index in [4.69, 9.17) is 0 Å². The summed E-state index contributed by atoms with van der Waals surface area (Å²) < 4.78 is 0. The molecule has 4 unspecified atom stereocenters.